The Labute approximate surface area is 226 Å². The van der Waals surface area contributed by atoms with E-state index in [-0.39, 0.29) is 45.5 Å². The van der Waals surface area contributed by atoms with Crippen LogP contribution in [0.2, 0.25) is 0 Å². The Morgan fingerprint density at radius 1 is 1.13 bits per heavy atom. The molecule has 0 fully saturated rings. The summed E-state index contributed by atoms with van der Waals surface area (Å²) in [6, 6.07) is 18.0. The molecule has 0 saturated heterocycles. The fraction of sp³-hybridized carbons (Fsp3) is 0.107. The van der Waals surface area contributed by atoms with Gasteiger partial charge in [-0.05, 0) is 42.8 Å². The van der Waals surface area contributed by atoms with Gasteiger partial charge in [0.05, 0.1) is 24.2 Å². The lowest BCUT2D eigenvalue weighted by molar-refractivity contribution is -0.384. The molecule has 0 bridgehead atoms. The Kier molecular flexibility index (Phi) is 8.18. The van der Waals surface area contributed by atoms with E-state index in [2.05, 4.69) is 5.32 Å². The second-order valence-electron chi connectivity index (χ2n) is 7.90. The molecule has 1 amide bonds. The van der Waals surface area contributed by atoms with Crippen molar-refractivity contribution in [3.63, 3.8) is 0 Å². The van der Waals surface area contributed by atoms with Crippen LogP contribution in [0, 0.1) is 21.4 Å². The van der Waals surface area contributed by atoms with Crippen LogP contribution in [0.5, 0.6) is 5.75 Å². The van der Waals surface area contributed by atoms with Crippen molar-refractivity contribution in [3.8, 4) is 34.3 Å². The van der Waals surface area contributed by atoms with Gasteiger partial charge in [-0.25, -0.2) is 4.79 Å². The number of methoxy groups -OCH3 is 1. The van der Waals surface area contributed by atoms with Gasteiger partial charge in [-0.3, -0.25) is 14.9 Å². The monoisotopic (exact) mass is 543 g/mol. The summed E-state index contributed by atoms with van der Waals surface area (Å²) in [5.74, 6) is -0.395. The number of nitrogens with one attached hydrogen (secondary N) is 1. The Morgan fingerprint density at radius 2 is 1.87 bits per heavy atom. The summed E-state index contributed by atoms with van der Waals surface area (Å²) in [6.45, 7) is 1.81. The zero-order valence-corrected chi connectivity index (χ0v) is 21.6. The first kappa shape index (κ1) is 26.8. The number of carbonyl (C=O) groups is 2. The Bertz CT molecular complexity index is 1610. The van der Waals surface area contributed by atoms with Crippen molar-refractivity contribution < 1.29 is 28.4 Å². The van der Waals surface area contributed by atoms with Gasteiger partial charge < -0.3 is 19.2 Å². The molecular formula is C28H21N3O7S. The van der Waals surface area contributed by atoms with E-state index in [0.29, 0.717) is 16.9 Å². The first-order valence-corrected chi connectivity index (χ1v) is 12.4. The van der Waals surface area contributed by atoms with E-state index >= 15 is 0 Å². The van der Waals surface area contributed by atoms with Crippen LogP contribution in [0.3, 0.4) is 0 Å². The number of ether oxygens (including phenoxy) is 2. The summed E-state index contributed by atoms with van der Waals surface area (Å²) in [6.07, 6.45) is 1.22. The number of thiophene rings is 1. The van der Waals surface area contributed by atoms with E-state index in [1.165, 1.54) is 30.3 Å². The van der Waals surface area contributed by atoms with Gasteiger partial charge in [-0.1, -0.05) is 24.3 Å². The number of rotatable bonds is 9. The molecule has 39 heavy (non-hydrogen) atoms. The first-order chi connectivity index (χ1) is 18.9. The molecule has 0 atom stereocenters. The molecule has 0 aliphatic carbocycles. The topological polar surface area (TPSA) is 145 Å². The smallest absolute Gasteiger partial charge is 0.341 e. The minimum atomic E-state index is -0.769. The molecule has 0 aliphatic heterocycles. The summed E-state index contributed by atoms with van der Waals surface area (Å²) in [7, 11) is 1.55. The molecule has 4 aromatic rings. The zero-order chi connectivity index (χ0) is 27.9. The highest BCUT2D eigenvalue weighted by molar-refractivity contribution is 7.15. The fourth-order valence-corrected chi connectivity index (χ4v) is 4.67. The first-order valence-electron chi connectivity index (χ1n) is 11.6. The van der Waals surface area contributed by atoms with Gasteiger partial charge in [0.1, 0.15) is 39.5 Å². The molecule has 11 heteroatoms. The molecule has 2 heterocycles. The van der Waals surface area contributed by atoms with Crippen molar-refractivity contribution in [2.45, 2.75) is 6.92 Å². The van der Waals surface area contributed by atoms with Gasteiger partial charge in [0.2, 0.25) is 0 Å². The quantitative estimate of drug-likeness (QED) is 0.0849. The Hall–Kier alpha value is -5.21. The third-order valence-electron chi connectivity index (χ3n) is 5.54. The zero-order valence-electron chi connectivity index (χ0n) is 20.8. The highest BCUT2D eigenvalue weighted by Crippen LogP contribution is 2.37. The number of nitrogens with zero attached hydrogens (tertiary/aromatic N) is 2. The highest BCUT2D eigenvalue weighted by atomic mass is 32.1. The minimum Gasteiger partial charge on any atom is -0.497 e. The van der Waals surface area contributed by atoms with Crippen LogP contribution in [-0.4, -0.2) is 30.5 Å². The number of furan rings is 1. The number of hydrogen-bond acceptors (Lipinski definition) is 9. The molecule has 4 rings (SSSR count). The molecule has 0 spiro atoms. The highest BCUT2D eigenvalue weighted by Gasteiger charge is 2.24. The molecule has 0 unspecified atom stereocenters. The van der Waals surface area contributed by atoms with Gasteiger partial charge in [-0.15, -0.1) is 11.3 Å². The van der Waals surface area contributed by atoms with E-state index in [4.69, 9.17) is 13.9 Å². The summed E-state index contributed by atoms with van der Waals surface area (Å²) in [5.41, 5.74) is 1.25. The number of hydrogen-bond donors (Lipinski definition) is 1. The normalized spacial score (nSPS) is 10.9. The molecule has 2 aromatic heterocycles. The largest absolute Gasteiger partial charge is 0.497 e. The van der Waals surface area contributed by atoms with Crippen molar-refractivity contribution in [2.75, 3.05) is 19.0 Å². The van der Waals surface area contributed by atoms with Crippen molar-refractivity contribution in [1.29, 1.82) is 5.26 Å². The average Bonchev–Trinajstić information content (AvgIpc) is 3.59. The molecule has 0 radical (unpaired) electrons. The number of anilines is 1. The number of benzene rings is 2. The van der Waals surface area contributed by atoms with E-state index < -0.39 is 16.8 Å². The number of esters is 1. The average molecular weight is 544 g/mol. The number of nitriles is 1. The van der Waals surface area contributed by atoms with Crippen LogP contribution in [0.1, 0.15) is 23.0 Å². The number of amides is 1. The summed E-state index contributed by atoms with van der Waals surface area (Å²) in [4.78, 5) is 36.7. The maximum absolute atomic E-state index is 13.0. The van der Waals surface area contributed by atoms with Crippen LogP contribution >= 0.6 is 11.3 Å². The Balaban J connectivity index is 1.63. The van der Waals surface area contributed by atoms with Gasteiger partial charge in [0, 0.05) is 23.1 Å². The maximum atomic E-state index is 13.0. The number of nitro benzene ring substituents is 1. The Morgan fingerprint density at radius 3 is 2.54 bits per heavy atom. The van der Waals surface area contributed by atoms with E-state index in [1.54, 1.807) is 55.8 Å². The predicted octanol–water partition coefficient (Wildman–Crippen LogP) is 6.31. The van der Waals surface area contributed by atoms with Gasteiger partial charge in [0.15, 0.2) is 0 Å². The van der Waals surface area contributed by atoms with Crippen molar-refractivity contribution in [3.05, 3.63) is 93.1 Å². The lowest BCUT2D eigenvalue weighted by Crippen LogP contribution is -2.16. The van der Waals surface area contributed by atoms with E-state index in [0.717, 1.165) is 11.3 Å². The van der Waals surface area contributed by atoms with Crippen LogP contribution < -0.4 is 10.1 Å². The summed E-state index contributed by atoms with van der Waals surface area (Å²) >= 11 is 1.12. The SMILES string of the molecule is CCOC(=O)c1c(-c2ccc(OC)cc2)csc1NC(=O)/C(C#N)=C/c1ccc(-c2ccccc2[N+](=O)[O-])o1. The minimum absolute atomic E-state index is 0.133. The number of nitro groups is 1. The van der Waals surface area contributed by atoms with Gasteiger partial charge in [-0.2, -0.15) is 5.26 Å². The molecule has 0 aliphatic rings. The van der Waals surface area contributed by atoms with E-state index in [1.807, 2.05) is 6.07 Å². The molecule has 0 saturated carbocycles. The fourth-order valence-electron chi connectivity index (χ4n) is 3.72. The van der Waals surface area contributed by atoms with Crippen LogP contribution in [-0.2, 0) is 9.53 Å². The molecule has 196 valence electrons. The van der Waals surface area contributed by atoms with Crippen LogP contribution in [0.4, 0.5) is 10.7 Å². The lowest BCUT2D eigenvalue weighted by Gasteiger charge is -2.09. The second-order valence-corrected chi connectivity index (χ2v) is 8.78. The molecule has 1 N–H and O–H groups in total. The third-order valence-corrected chi connectivity index (χ3v) is 6.44. The van der Waals surface area contributed by atoms with Crippen LogP contribution in [0.25, 0.3) is 28.5 Å². The van der Waals surface area contributed by atoms with Crippen molar-refractivity contribution in [2.24, 2.45) is 0 Å². The van der Waals surface area contributed by atoms with Crippen LogP contribution in [0.15, 0.2) is 76.0 Å². The molecule has 2 aromatic carbocycles. The van der Waals surface area contributed by atoms with Gasteiger partial charge >= 0.3 is 5.97 Å². The predicted molar refractivity (Wildman–Crippen MR) is 145 cm³/mol. The lowest BCUT2D eigenvalue weighted by atomic mass is 10.0. The van der Waals surface area contributed by atoms with Crippen molar-refractivity contribution >= 4 is 40.0 Å². The molecule has 10 nitrogen and oxygen atoms in total. The molecular weight excluding hydrogens is 522 g/mol. The standard InChI is InChI=1S/C28H21N3O7S/c1-3-37-28(33)25-22(17-8-10-19(36-2)11-9-17)16-39-27(25)30-26(32)18(15-29)14-20-12-13-24(38-20)21-6-4-5-7-23(21)31(34)35/h4-14,16H,3H2,1-2H3,(H,30,32)/b18-14+. The van der Waals surface area contributed by atoms with Crippen molar-refractivity contribution in [1.82, 2.24) is 0 Å². The third kappa shape index (κ3) is 5.87. The maximum Gasteiger partial charge on any atom is 0.341 e. The summed E-state index contributed by atoms with van der Waals surface area (Å²) in [5, 5.41) is 25.6. The summed E-state index contributed by atoms with van der Waals surface area (Å²) < 4.78 is 16.1. The van der Waals surface area contributed by atoms with Gasteiger partial charge in [0.25, 0.3) is 11.6 Å². The number of para-hydroxylation sites is 1. The second kappa shape index (κ2) is 11.9. The number of carbonyl (C=O) groups excluding carboxylic acids is 2. The van der Waals surface area contributed by atoms with E-state index in [9.17, 15) is 25.0 Å².